The van der Waals surface area contributed by atoms with Crippen molar-refractivity contribution >= 4 is 34.3 Å². The molecule has 0 spiro atoms. The summed E-state index contributed by atoms with van der Waals surface area (Å²) < 4.78 is 18.8. The van der Waals surface area contributed by atoms with Crippen LogP contribution in [0.5, 0.6) is 0 Å². The Morgan fingerprint density at radius 1 is 1.29 bits per heavy atom. The van der Waals surface area contributed by atoms with Crippen LogP contribution in [-0.2, 0) is 9.53 Å². The van der Waals surface area contributed by atoms with Crippen molar-refractivity contribution in [3.63, 3.8) is 0 Å². The van der Waals surface area contributed by atoms with Crippen LogP contribution >= 0.6 is 11.8 Å². The van der Waals surface area contributed by atoms with Crippen molar-refractivity contribution < 1.29 is 18.8 Å². The second kappa shape index (κ2) is 8.35. The van der Waals surface area contributed by atoms with E-state index < -0.39 is 16.9 Å². The van der Waals surface area contributed by atoms with E-state index in [2.05, 4.69) is 4.99 Å². The van der Waals surface area contributed by atoms with Crippen molar-refractivity contribution in [1.29, 1.82) is 0 Å². The van der Waals surface area contributed by atoms with Gasteiger partial charge in [0.15, 0.2) is 5.17 Å². The first kappa shape index (κ1) is 20.8. The van der Waals surface area contributed by atoms with E-state index in [4.69, 9.17) is 4.74 Å². The Morgan fingerprint density at radius 3 is 2.71 bits per heavy atom. The first-order valence-electron chi connectivity index (χ1n) is 9.53. The van der Waals surface area contributed by atoms with Gasteiger partial charge in [-0.15, -0.1) is 0 Å². The van der Waals surface area contributed by atoms with Gasteiger partial charge in [0.2, 0.25) is 0 Å². The summed E-state index contributed by atoms with van der Waals surface area (Å²) in [6, 6.07) is 11.5. The second-order valence-electron chi connectivity index (χ2n) is 6.87. The number of nitro benzene ring substituents is 1. The van der Waals surface area contributed by atoms with E-state index >= 15 is 0 Å². The van der Waals surface area contributed by atoms with Crippen LogP contribution in [0.3, 0.4) is 0 Å². The molecule has 2 aliphatic rings. The number of carbonyl (C=O) groups excluding carboxylic acids is 1. The highest BCUT2D eigenvalue weighted by Gasteiger charge is 2.41. The normalized spacial score (nSPS) is 17.8. The molecule has 0 saturated carbocycles. The third-order valence-corrected chi connectivity index (χ3v) is 5.80. The monoisotopic (exact) mass is 439 g/mol. The molecule has 0 bridgehead atoms. The molecule has 31 heavy (non-hydrogen) atoms. The first-order chi connectivity index (χ1) is 14.9. The summed E-state index contributed by atoms with van der Waals surface area (Å²) in [5.41, 5.74) is 2.72. The molecule has 2 aromatic rings. The van der Waals surface area contributed by atoms with Gasteiger partial charge < -0.3 is 9.64 Å². The molecule has 1 unspecified atom stereocenters. The number of halogens is 1. The van der Waals surface area contributed by atoms with Crippen LogP contribution < -0.4 is 0 Å². The number of allylic oxidation sites excluding steroid dienone is 1. The Morgan fingerprint density at radius 2 is 2.03 bits per heavy atom. The quantitative estimate of drug-likeness (QED) is 0.369. The highest BCUT2D eigenvalue weighted by Crippen LogP contribution is 2.47. The number of aliphatic imine (C=N–C) groups is 1. The first-order valence-corrected chi connectivity index (χ1v) is 10.4. The maximum absolute atomic E-state index is 13.5. The van der Waals surface area contributed by atoms with Crippen molar-refractivity contribution in [2.24, 2.45) is 4.99 Å². The maximum Gasteiger partial charge on any atom is 0.338 e. The molecular formula is C22H18FN3O4S. The van der Waals surface area contributed by atoms with Crippen molar-refractivity contribution in [3.8, 4) is 0 Å². The summed E-state index contributed by atoms with van der Waals surface area (Å²) in [4.78, 5) is 30.2. The van der Waals surface area contributed by atoms with Gasteiger partial charge in [0.1, 0.15) is 5.82 Å². The average Bonchev–Trinajstić information content (AvgIpc) is 3.16. The standard InChI is InChI=1S/C22H18FN3O4S/c1-3-30-21(27)19-13(2)24-22-25(18(12-31-22)14-7-9-16(23)10-8-14)20(19)15-5-4-6-17(11-15)26(28)29/h4-12,20H,3H2,1-2H3. The lowest BCUT2D eigenvalue weighted by Crippen LogP contribution is -2.36. The van der Waals surface area contributed by atoms with Gasteiger partial charge >= 0.3 is 5.97 Å². The lowest BCUT2D eigenvalue weighted by atomic mass is 9.93. The molecule has 0 fully saturated rings. The van der Waals surface area contributed by atoms with Gasteiger partial charge in [-0.05, 0) is 49.2 Å². The van der Waals surface area contributed by atoms with Crippen LogP contribution in [0.4, 0.5) is 10.1 Å². The third-order valence-electron chi connectivity index (χ3n) is 4.96. The minimum atomic E-state index is -0.683. The molecule has 7 nitrogen and oxygen atoms in total. The summed E-state index contributed by atoms with van der Waals surface area (Å²) >= 11 is 1.37. The van der Waals surface area contributed by atoms with Gasteiger partial charge in [0.05, 0.1) is 34.5 Å². The van der Waals surface area contributed by atoms with Crippen LogP contribution in [0.25, 0.3) is 5.70 Å². The van der Waals surface area contributed by atoms with Crippen LogP contribution in [0.2, 0.25) is 0 Å². The minimum absolute atomic E-state index is 0.0819. The van der Waals surface area contributed by atoms with E-state index in [0.29, 0.717) is 22.0 Å². The Bertz CT molecular complexity index is 1160. The van der Waals surface area contributed by atoms with Gasteiger partial charge in [0, 0.05) is 17.5 Å². The number of esters is 1. The maximum atomic E-state index is 13.5. The zero-order chi connectivity index (χ0) is 22.1. The van der Waals surface area contributed by atoms with Gasteiger partial charge in [0.25, 0.3) is 5.69 Å². The lowest BCUT2D eigenvalue weighted by molar-refractivity contribution is -0.384. The van der Waals surface area contributed by atoms with Crippen LogP contribution in [0.1, 0.15) is 31.0 Å². The fraction of sp³-hybridized carbons (Fsp3) is 0.182. The second-order valence-corrected chi connectivity index (χ2v) is 7.70. The minimum Gasteiger partial charge on any atom is -0.463 e. The van der Waals surface area contributed by atoms with E-state index in [1.165, 1.54) is 36.0 Å². The smallest absolute Gasteiger partial charge is 0.338 e. The Kier molecular flexibility index (Phi) is 5.60. The molecule has 0 saturated heterocycles. The average molecular weight is 439 g/mol. The fourth-order valence-corrected chi connectivity index (χ4v) is 4.58. The number of rotatable bonds is 5. The summed E-state index contributed by atoms with van der Waals surface area (Å²) in [5.74, 6) is -0.893. The molecule has 2 aromatic carbocycles. The number of hydrogen-bond acceptors (Lipinski definition) is 7. The van der Waals surface area contributed by atoms with Crippen molar-refractivity contribution in [2.45, 2.75) is 19.9 Å². The summed E-state index contributed by atoms with van der Waals surface area (Å²) in [5, 5.41) is 13.9. The molecular weight excluding hydrogens is 421 g/mol. The van der Waals surface area contributed by atoms with E-state index in [9.17, 15) is 19.3 Å². The number of benzene rings is 2. The molecule has 0 aromatic heterocycles. The SMILES string of the molecule is CCOC(=O)C1=C(C)N=C2SC=C(c3ccc(F)cc3)N2C1c1cccc([N+](=O)[O-])c1. The molecule has 158 valence electrons. The number of carbonyl (C=O) groups is 1. The predicted molar refractivity (Wildman–Crippen MR) is 116 cm³/mol. The number of fused-ring (bicyclic) bond motifs is 1. The summed E-state index contributed by atoms with van der Waals surface area (Å²) in [6.45, 7) is 3.61. The van der Waals surface area contributed by atoms with E-state index in [1.807, 2.05) is 10.3 Å². The van der Waals surface area contributed by atoms with Crippen LogP contribution in [0, 0.1) is 15.9 Å². The molecule has 1 atom stereocenters. The van der Waals surface area contributed by atoms with Crippen molar-refractivity contribution in [2.75, 3.05) is 6.61 Å². The fourth-order valence-electron chi connectivity index (χ4n) is 3.61. The zero-order valence-electron chi connectivity index (χ0n) is 16.7. The van der Waals surface area contributed by atoms with Crippen molar-refractivity contribution in [1.82, 2.24) is 4.90 Å². The number of ether oxygens (including phenoxy) is 1. The molecule has 2 aliphatic heterocycles. The number of non-ortho nitro benzene ring substituents is 1. The predicted octanol–water partition coefficient (Wildman–Crippen LogP) is 5.03. The molecule has 4 rings (SSSR count). The molecule has 0 aliphatic carbocycles. The van der Waals surface area contributed by atoms with E-state index in [-0.39, 0.29) is 18.1 Å². The topological polar surface area (TPSA) is 85.0 Å². The largest absolute Gasteiger partial charge is 0.463 e. The Hall–Kier alpha value is -3.46. The van der Waals surface area contributed by atoms with Crippen LogP contribution in [0.15, 0.2) is 70.2 Å². The summed E-state index contributed by atoms with van der Waals surface area (Å²) in [6.07, 6.45) is 0. The van der Waals surface area contributed by atoms with Gasteiger partial charge in [-0.25, -0.2) is 14.2 Å². The number of amidine groups is 1. The number of nitro groups is 1. The third kappa shape index (κ3) is 3.84. The van der Waals surface area contributed by atoms with Crippen molar-refractivity contribution in [3.05, 3.63) is 92.3 Å². The Balaban J connectivity index is 1.88. The van der Waals surface area contributed by atoms with E-state index in [1.54, 1.807) is 38.1 Å². The lowest BCUT2D eigenvalue weighted by Gasteiger charge is -2.36. The number of thioether (sulfide) groups is 1. The molecule has 0 radical (unpaired) electrons. The molecule has 0 N–H and O–H groups in total. The number of hydrogen-bond donors (Lipinski definition) is 0. The molecule has 9 heteroatoms. The highest BCUT2D eigenvalue weighted by molar-refractivity contribution is 8.16. The molecule has 2 heterocycles. The van der Waals surface area contributed by atoms with E-state index in [0.717, 1.165) is 11.3 Å². The summed E-state index contributed by atoms with van der Waals surface area (Å²) in [7, 11) is 0. The Labute approximate surface area is 182 Å². The van der Waals surface area contributed by atoms with Crippen LogP contribution in [-0.4, -0.2) is 27.6 Å². The molecule has 0 amide bonds. The number of nitrogens with zero attached hydrogens (tertiary/aromatic N) is 3. The highest BCUT2D eigenvalue weighted by atomic mass is 32.2. The van der Waals surface area contributed by atoms with Gasteiger partial charge in [-0.1, -0.05) is 23.9 Å². The zero-order valence-corrected chi connectivity index (χ0v) is 17.6. The van der Waals surface area contributed by atoms with Gasteiger partial charge in [-0.2, -0.15) is 0 Å². The van der Waals surface area contributed by atoms with Gasteiger partial charge in [-0.3, -0.25) is 10.1 Å².